The fourth-order valence-corrected chi connectivity index (χ4v) is 5.50. The summed E-state index contributed by atoms with van der Waals surface area (Å²) < 4.78 is 31.8. The largest absolute Gasteiger partial charge is 0.493 e. The maximum Gasteiger partial charge on any atom is 0.343 e. The van der Waals surface area contributed by atoms with Crippen LogP contribution in [0.1, 0.15) is 83.2 Å². The van der Waals surface area contributed by atoms with Gasteiger partial charge < -0.3 is 28.4 Å². The van der Waals surface area contributed by atoms with E-state index < -0.39 is 11.9 Å². The molecule has 0 unspecified atom stereocenters. The number of amides is 2. The Kier molecular flexibility index (Phi) is 17.5. The molecule has 0 radical (unpaired) electrons. The van der Waals surface area contributed by atoms with Gasteiger partial charge in [0.05, 0.1) is 39.6 Å². The number of hydrogen-bond acceptors (Lipinski definition) is 12. The highest BCUT2D eigenvalue weighted by Gasteiger charge is 2.15. The van der Waals surface area contributed by atoms with Crippen molar-refractivity contribution < 1.29 is 47.6 Å². The Labute approximate surface area is 327 Å². The number of ether oxygens (including phenoxy) is 6. The van der Waals surface area contributed by atoms with E-state index in [9.17, 15) is 19.2 Å². The van der Waals surface area contributed by atoms with E-state index in [2.05, 4.69) is 21.7 Å². The SMILES string of the molecule is COc1ccc(C(=O)Oc2ccc(CNNC(=O)CCCCCCCCC(=O)NNCc3ccc(OC(=O)c4ccc(OC)c(OC)c4)cc3)cc2)cc1OC. The average Bonchev–Trinajstić information content (AvgIpc) is 3.22. The first-order valence-corrected chi connectivity index (χ1v) is 18.3. The Morgan fingerprint density at radius 2 is 0.804 bits per heavy atom. The summed E-state index contributed by atoms with van der Waals surface area (Å²) in [4.78, 5) is 49.5. The summed E-state index contributed by atoms with van der Waals surface area (Å²) in [6, 6.07) is 23.6. The van der Waals surface area contributed by atoms with Gasteiger partial charge in [0, 0.05) is 25.9 Å². The van der Waals surface area contributed by atoms with Crippen LogP contribution >= 0.6 is 0 Å². The predicted molar refractivity (Wildman–Crippen MR) is 209 cm³/mol. The van der Waals surface area contributed by atoms with E-state index in [1.54, 1.807) is 60.7 Å². The van der Waals surface area contributed by atoms with Gasteiger partial charge in [-0.15, -0.1) is 0 Å². The molecular weight excluding hydrogens is 720 g/mol. The first-order chi connectivity index (χ1) is 27.2. The standard InChI is InChI=1S/C42H50N4O10/c1-51-35-23-17-31(25-37(35)53-3)41(49)55-33-19-13-29(14-20-33)27-43-45-39(47)11-9-7-5-6-8-10-12-40(48)46-44-28-30-15-21-34(22-16-30)56-42(50)32-18-24-36(52-2)38(26-32)54-4/h13-26,43-44H,5-12,27-28H2,1-4H3,(H,45,47)(H,46,48). The van der Waals surface area contributed by atoms with Crippen molar-refractivity contribution in [2.45, 2.75) is 64.5 Å². The van der Waals surface area contributed by atoms with E-state index in [0.717, 1.165) is 49.7 Å². The first-order valence-electron chi connectivity index (χ1n) is 18.3. The van der Waals surface area contributed by atoms with E-state index in [-0.39, 0.29) is 11.8 Å². The number of methoxy groups -OCH3 is 4. The van der Waals surface area contributed by atoms with Gasteiger partial charge in [-0.2, -0.15) is 0 Å². The highest BCUT2D eigenvalue weighted by atomic mass is 16.5. The molecule has 0 saturated carbocycles. The molecule has 4 aromatic carbocycles. The molecule has 2 amide bonds. The minimum atomic E-state index is -0.519. The molecule has 4 N–H and O–H groups in total. The van der Waals surface area contributed by atoms with Gasteiger partial charge in [0.1, 0.15) is 11.5 Å². The zero-order chi connectivity index (χ0) is 40.1. The topological polar surface area (TPSA) is 172 Å². The molecule has 0 atom stereocenters. The zero-order valence-electron chi connectivity index (χ0n) is 32.2. The van der Waals surface area contributed by atoms with Crippen molar-refractivity contribution in [3.8, 4) is 34.5 Å². The van der Waals surface area contributed by atoms with Crippen molar-refractivity contribution in [2.75, 3.05) is 28.4 Å². The molecule has 0 aliphatic rings. The maximum absolute atomic E-state index is 12.5. The molecule has 0 aromatic heterocycles. The Hall–Kier alpha value is -6.12. The van der Waals surface area contributed by atoms with Gasteiger partial charge in [-0.25, -0.2) is 20.4 Å². The fraction of sp³-hybridized carbons (Fsp3) is 0.333. The third kappa shape index (κ3) is 13.9. The number of hydrogen-bond donors (Lipinski definition) is 4. The van der Waals surface area contributed by atoms with Crippen LogP contribution in [-0.4, -0.2) is 52.2 Å². The Bertz CT molecular complexity index is 1750. The molecule has 4 aromatic rings. The summed E-state index contributed by atoms with van der Waals surface area (Å²) in [6.07, 6.45) is 6.22. The van der Waals surface area contributed by atoms with Crippen LogP contribution in [0.4, 0.5) is 0 Å². The van der Waals surface area contributed by atoms with Crippen LogP contribution in [0.15, 0.2) is 84.9 Å². The van der Waals surface area contributed by atoms with Crippen LogP contribution < -0.4 is 50.1 Å². The van der Waals surface area contributed by atoms with Crippen LogP contribution in [0.5, 0.6) is 34.5 Å². The maximum atomic E-state index is 12.5. The molecule has 0 aliphatic carbocycles. The number of esters is 2. The molecule has 0 heterocycles. The average molecular weight is 771 g/mol. The third-order valence-electron chi connectivity index (χ3n) is 8.60. The number of carbonyl (C=O) groups is 4. The van der Waals surface area contributed by atoms with Crippen LogP contribution in [0.2, 0.25) is 0 Å². The van der Waals surface area contributed by atoms with Gasteiger partial charge in [-0.05, 0) is 84.6 Å². The summed E-state index contributed by atoms with van der Waals surface area (Å²) in [7, 11) is 6.04. The van der Waals surface area contributed by atoms with E-state index in [4.69, 9.17) is 28.4 Å². The molecule has 14 nitrogen and oxygen atoms in total. The van der Waals surface area contributed by atoms with Crippen LogP contribution in [0.25, 0.3) is 0 Å². The molecular formula is C42H50N4O10. The lowest BCUT2D eigenvalue weighted by molar-refractivity contribution is -0.123. The van der Waals surface area contributed by atoms with E-state index in [0.29, 0.717) is 71.6 Å². The van der Waals surface area contributed by atoms with Crippen molar-refractivity contribution in [2.24, 2.45) is 0 Å². The van der Waals surface area contributed by atoms with E-state index in [1.807, 2.05) is 24.3 Å². The van der Waals surface area contributed by atoms with Gasteiger partial charge >= 0.3 is 11.9 Å². The quantitative estimate of drug-likeness (QED) is 0.0291. The molecule has 56 heavy (non-hydrogen) atoms. The second kappa shape index (κ2) is 22.9. The summed E-state index contributed by atoms with van der Waals surface area (Å²) in [6.45, 7) is 0.821. The van der Waals surface area contributed by atoms with Crippen molar-refractivity contribution in [3.05, 3.63) is 107 Å². The Balaban J connectivity index is 0.985. The van der Waals surface area contributed by atoms with Crippen LogP contribution in [-0.2, 0) is 22.7 Å². The van der Waals surface area contributed by atoms with Gasteiger partial charge in [0.15, 0.2) is 23.0 Å². The lowest BCUT2D eigenvalue weighted by Gasteiger charge is -2.10. The molecule has 0 bridgehead atoms. The summed E-state index contributed by atoms with van der Waals surface area (Å²) in [5.74, 6) is 1.49. The Morgan fingerprint density at radius 3 is 1.16 bits per heavy atom. The number of nitrogens with one attached hydrogen (secondary N) is 4. The normalized spacial score (nSPS) is 10.6. The number of unbranched alkanes of at least 4 members (excludes halogenated alkanes) is 5. The molecule has 0 saturated heterocycles. The minimum absolute atomic E-state index is 0.0832. The van der Waals surface area contributed by atoms with Crippen LogP contribution in [0.3, 0.4) is 0 Å². The lowest BCUT2D eigenvalue weighted by atomic mass is 10.1. The summed E-state index contributed by atoms with van der Waals surface area (Å²) in [5, 5.41) is 0. The van der Waals surface area contributed by atoms with Gasteiger partial charge in [0.25, 0.3) is 0 Å². The minimum Gasteiger partial charge on any atom is -0.493 e. The molecule has 0 spiro atoms. The number of rotatable bonds is 23. The molecule has 4 rings (SSSR count). The van der Waals surface area contributed by atoms with Crippen LogP contribution in [0, 0.1) is 0 Å². The smallest absolute Gasteiger partial charge is 0.343 e. The van der Waals surface area contributed by atoms with E-state index in [1.165, 1.54) is 28.4 Å². The number of hydrazine groups is 2. The second-order valence-electron chi connectivity index (χ2n) is 12.6. The van der Waals surface area contributed by atoms with Gasteiger partial charge in [0.2, 0.25) is 11.8 Å². The third-order valence-corrected chi connectivity index (χ3v) is 8.60. The number of benzene rings is 4. The van der Waals surface area contributed by atoms with Crippen molar-refractivity contribution >= 4 is 23.8 Å². The van der Waals surface area contributed by atoms with Gasteiger partial charge in [-0.3, -0.25) is 20.4 Å². The summed E-state index contributed by atoms with van der Waals surface area (Å²) in [5.41, 5.74) is 13.8. The van der Waals surface area contributed by atoms with Crippen molar-refractivity contribution in [1.29, 1.82) is 0 Å². The fourth-order valence-electron chi connectivity index (χ4n) is 5.50. The monoisotopic (exact) mass is 770 g/mol. The van der Waals surface area contributed by atoms with Crippen molar-refractivity contribution in [1.82, 2.24) is 21.7 Å². The highest BCUT2D eigenvalue weighted by Crippen LogP contribution is 2.29. The first kappa shape index (κ1) is 42.6. The highest BCUT2D eigenvalue weighted by molar-refractivity contribution is 5.92. The van der Waals surface area contributed by atoms with E-state index >= 15 is 0 Å². The molecule has 14 heteroatoms. The Morgan fingerprint density at radius 1 is 0.446 bits per heavy atom. The summed E-state index contributed by atoms with van der Waals surface area (Å²) >= 11 is 0. The predicted octanol–water partition coefficient (Wildman–Crippen LogP) is 6.22. The van der Waals surface area contributed by atoms with Crippen molar-refractivity contribution in [3.63, 3.8) is 0 Å². The second-order valence-corrected chi connectivity index (χ2v) is 12.6. The lowest BCUT2D eigenvalue weighted by Crippen LogP contribution is -2.36. The molecule has 0 aliphatic heterocycles. The zero-order valence-corrected chi connectivity index (χ0v) is 32.2. The number of carbonyl (C=O) groups excluding carboxylic acids is 4. The van der Waals surface area contributed by atoms with Gasteiger partial charge in [-0.1, -0.05) is 49.9 Å². The molecule has 298 valence electrons. The molecule has 0 fully saturated rings.